The number of carbonyl (C=O) groups excluding carboxylic acids is 1. The van der Waals surface area contributed by atoms with Gasteiger partial charge in [0.25, 0.3) is 5.56 Å². The summed E-state index contributed by atoms with van der Waals surface area (Å²) in [6.45, 7) is 5.26. The molecule has 0 saturated carbocycles. The zero-order valence-electron chi connectivity index (χ0n) is 20.5. The molecule has 10 heteroatoms. The van der Waals surface area contributed by atoms with E-state index in [9.17, 15) is 9.59 Å². The molecule has 0 amide bonds. The Kier molecular flexibility index (Phi) is 7.38. The van der Waals surface area contributed by atoms with Crippen LogP contribution in [0.5, 0.6) is 0 Å². The SMILES string of the molecule is CC1=C(C(=O)OC(C)C)C(c2ccccc2Cl)n2c(sc(=Cc3ccc(-c4cccc(Cl)c4Cl)o3)c2=O)=N1. The molecular weight excluding hydrogens is 567 g/mol. The van der Waals surface area contributed by atoms with Crippen LogP contribution in [0.4, 0.5) is 0 Å². The van der Waals surface area contributed by atoms with E-state index in [1.54, 1.807) is 75.4 Å². The third kappa shape index (κ3) is 4.87. The van der Waals surface area contributed by atoms with Gasteiger partial charge in [-0.05, 0) is 56.7 Å². The first kappa shape index (κ1) is 26.5. The normalized spacial score (nSPS) is 15.6. The van der Waals surface area contributed by atoms with E-state index in [4.69, 9.17) is 44.0 Å². The number of halogens is 3. The molecule has 0 spiro atoms. The lowest BCUT2D eigenvalue weighted by atomic mass is 9.96. The topological polar surface area (TPSA) is 73.8 Å². The van der Waals surface area contributed by atoms with Crippen molar-refractivity contribution in [2.24, 2.45) is 4.99 Å². The van der Waals surface area contributed by atoms with Crippen molar-refractivity contribution >= 4 is 58.2 Å². The van der Waals surface area contributed by atoms with Crippen LogP contribution in [0.15, 0.2) is 80.1 Å². The molecule has 3 heterocycles. The van der Waals surface area contributed by atoms with Crippen molar-refractivity contribution in [2.75, 3.05) is 0 Å². The van der Waals surface area contributed by atoms with Crippen molar-refractivity contribution in [1.29, 1.82) is 0 Å². The summed E-state index contributed by atoms with van der Waals surface area (Å²) in [5.74, 6) is 0.417. The van der Waals surface area contributed by atoms with Gasteiger partial charge in [0.1, 0.15) is 17.6 Å². The molecule has 0 fully saturated rings. The first-order valence-corrected chi connectivity index (χ1v) is 13.6. The first-order valence-electron chi connectivity index (χ1n) is 11.7. The quantitative estimate of drug-likeness (QED) is 0.253. The van der Waals surface area contributed by atoms with E-state index in [1.165, 1.54) is 15.9 Å². The lowest BCUT2D eigenvalue weighted by Crippen LogP contribution is -2.40. The summed E-state index contributed by atoms with van der Waals surface area (Å²) in [7, 11) is 0. The predicted molar refractivity (Wildman–Crippen MR) is 151 cm³/mol. The van der Waals surface area contributed by atoms with Gasteiger partial charge in [0, 0.05) is 16.7 Å². The van der Waals surface area contributed by atoms with Gasteiger partial charge >= 0.3 is 5.97 Å². The lowest BCUT2D eigenvalue weighted by molar-refractivity contribution is -0.143. The van der Waals surface area contributed by atoms with Crippen LogP contribution < -0.4 is 14.9 Å². The summed E-state index contributed by atoms with van der Waals surface area (Å²) in [6, 6.07) is 15.1. The number of thiazole rings is 1. The maximum absolute atomic E-state index is 13.8. The minimum Gasteiger partial charge on any atom is -0.459 e. The summed E-state index contributed by atoms with van der Waals surface area (Å²) < 4.78 is 13.4. The zero-order valence-corrected chi connectivity index (χ0v) is 23.6. The van der Waals surface area contributed by atoms with E-state index >= 15 is 0 Å². The predicted octanol–water partition coefficient (Wildman–Crippen LogP) is 6.41. The molecule has 6 nitrogen and oxygen atoms in total. The molecule has 0 saturated heterocycles. The smallest absolute Gasteiger partial charge is 0.338 e. The van der Waals surface area contributed by atoms with Crippen LogP contribution in [-0.4, -0.2) is 16.6 Å². The highest BCUT2D eigenvalue weighted by atomic mass is 35.5. The third-order valence-corrected chi connectivity index (χ3v) is 8.05. The molecule has 4 aromatic rings. The average Bonchev–Trinajstić information content (AvgIpc) is 3.44. The fraction of sp³-hybridized carbons (Fsp3) is 0.179. The Morgan fingerprint density at radius 3 is 2.55 bits per heavy atom. The fourth-order valence-electron chi connectivity index (χ4n) is 4.25. The minimum absolute atomic E-state index is 0.265. The second-order valence-electron chi connectivity index (χ2n) is 8.86. The standard InChI is InChI=1S/C28H21Cl3N2O4S/c1-14(2)36-27(35)23-15(3)32-28-33(25(23)17-7-4-5-9-19(17)29)26(34)22(38-28)13-16-11-12-21(37-16)18-8-6-10-20(30)24(18)31/h4-14,25H,1-3H3. The van der Waals surface area contributed by atoms with Crippen LogP contribution in [-0.2, 0) is 9.53 Å². The number of ether oxygens (including phenoxy) is 1. The van der Waals surface area contributed by atoms with Crippen LogP contribution in [0, 0.1) is 0 Å². The van der Waals surface area contributed by atoms with Gasteiger partial charge < -0.3 is 9.15 Å². The van der Waals surface area contributed by atoms with Crippen molar-refractivity contribution in [2.45, 2.75) is 32.9 Å². The van der Waals surface area contributed by atoms with Gasteiger partial charge in [-0.15, -0.1) is 0 Å². The van der Waals surface area contributed by atoms with Crippen molar-refractivity contribution < 1.29 is 13.9 Å². The molecule has 194 valence electrons. The first-order chi connectivity index (χ1) is 18.2. The van der Waals surface area contributed by atoms with Gasteiger partial charge in [0.2, 0.25) is 0 Å². The number of esters is 1. The Bertz CT molecular complexity index is 1780. The van der Waals surface area contributed by atoms with Gasteiger partial charge in [-0.3, -0.25) is 9.36 Å². The Morgan fingerprint density at radius 2 is 1.82 bits per heavy atom. The highest BCUT2D eigenvalue weighted by Gasteiger charge is 2.34. The van der Waals surface area contributed by atoms with E-state index in [1.807, 2.05) is 6.07 Å². The number of fused-ring (bicyclic) bond motifs is 1. The van der Waals surface area contributed by atoms with E-state index in [0.717, 1.165) is 0 Å². The van der Waals surface area contributed by atoms with E-state index in [-0.39, 0.29) is 17.2 Å². The summed E-state index contributed by atoms with van der Waals surface area (Å²) in [6.07, 6.45) is 1.29. The summed E-state index contributed by atoms with van der Waals surface area (Å²) in [4.78, 5) is 32.0. The zero-order chi connectivity index (χ0) is 27.1. The largest absolute Gasteiger partial charge is 0.459 e. The molecule has 0 bridgehead atoms. The number of hydrogen-bond acceptors (Lipinski definition) is 6. The second kappa shape index (κ2) is 10.6. The lowest BCUT2D eigenvalue weighted by Gasteiger charge is -2.26. The fourth-order valence-corrected chi connectivity index (χ4v) is 5.91. The molecule has 1 aliphatic heterocycles. The number of nitrogens with zero attached hydrogens (tertiary/aromatic N) is 2. The molecule has 5 rings (SSSR count). The van der Waals surface area contributed by atoms with Crippen LogP contribution in [0.3, 0.4) is 0 Å². The van der Waals surface area contributed by atoms with Gasteiger partial charge in [0.15, 0.2) is 4.80 Å². The molecule has 2 aromatic carbocycles. The Hall–Kier alpha value is -3.10. The monoisotopic (exact) mass is 586 g/mol. The van der Waals surface area contributed by atoms with Crippen LogP contribution >= 0.6 is 46.1 Å². The molecular formula is C28H21Cl3N2O4S. The number of carbonyl (C=O) groups is 1. The average molecular weight is 588 g/mol. The maximum atomic E-state index is 13.8. The Labute approximate surface area is 237 Å². The van der Waals surface area contributed by atoms with Crippen molar-refractivity contribution in [1.82, 2.24) is 4.57 Å². The summed E-state index contributed by atoms with van der Waals surface area (Å²) in [5.41, 5.74) is 1.64. The van der Waals surface area contributed by atoms with E-state index < -0.39 is 12.0 Å². The molecule has 0 N–H and O–H groups in total. The van der Waals surface area contributed by atoms with E-state index in [2.05, 4.69) is 4.99 Å². The summed E-state index contributed by atoms with van der Waals surface area (Å²) in [5, 5.41) is 1.22. The second-order valence-corrected chi connectivity index (χ2v) is 11.1. The highest BCUT2D eigenvalue weighted by molar-refractivity contribution is 7.07. The molecule has 0 radical (unpaired) electrons. The van der Waals surface area contributed by atoms with Crippen molar-refractivity contribution in [3.05, 3.63) is 112 Å². The van der Waals surface area contributed by atoms with Crippen LogP contribution in [0.1, 0.15) is 38.1 Å². The number of allylic oxidation sites excluding steroid dienone is 1. The number of hydrogen-bond donors (Lipinski definition) is 0. The molecule has 1 unspecified atom stereocenters. The van der Waals surface area contributed by atoms with Crippen molar-refractivity contribution in [3.63, 3.8) is 0 Å². The number of furan rings is 1. The molecule has 1 atom stereocenters. The molecule has 2 aromatic heterocycles. The Morgan fingerprint density at radius 1 is 1.08 bits per heavy atom. The van der Waals surface area contributed by atoms with Gasteiger partial charge in [0.05, 0.1) is 32.0 Å². The molecule has 1 aliphatic rings. The van der Waals surface area contributed by atoms with Gasteiger partial charge in [-0.25, -0.2) is 9.79 Å². The number of benzene rings is 2. The van der Waals surface area contributed by atoms with Crippen molar-refractivity contribution in [3.8, 4) is 11.3 Å². The van der Waals surface area contributed by atoms with Crippen LogP contribution in [0.2, 0.25) is 15.1 Å². The number of aromatic nitrogens is 1. The summed E-state index contributed by atoms with van der Waals surface area (Å²) >= 11 is 20.2. The number of rotatable bonds is 5. The third-order valence-electron chi connectivity index (χ3n) is 5.90. The van der Waals surface area contributed by atoms with Gasteiger partial charge in [-0.2, -0.15) is 0 Å². The molecule has 38 heavy (non-hydrogen) atoms. The molecule has 0 aliphatic carbocycles. The van der Waals surface area contributed by atoms with Gasteiger partial charge in [-0.1, -0.05) is 70.4 Å². The Balaban J connectivity index is 1.65. The van der Waals surface area contributed by atoms with E-state index in [0.29, 0.717) is 52.7 Å². The highest BCUT2D eigenvalue weighted by Crippen LogP contribution is 2.36. The van der Waals surface area contributed by atoms with Crippen LogP contribution in [0.25, 0.3) is 17.4 Å². The minimum atomic E-state index is -0.800. The maximum Gasteiger partial charge on any atom is 0.338 e.